The van der Waals surface area contributed by atoms with Crippen molar-refractivity contribution >= 4 is 10.9 Å². The number of hydrogen-bond donors (Lipinski definition) is 0. The van der Waals surface area contributed by atoms with Crippen LogP contribution in [0.3, 0.4) is 0 Å². The molecule has 0 saturated heterocycles. The molecule has 0 amide bonds. The van der Waals surface area contributed by atoms with E-state index in [9.17, 15) is 0 Å². The second-order valence-electron chi connectivity index (χ2n) is 7.53. The average Bonchev–Trinajstić information content (AvgIpc) is 2.65. The zero-order valence-electron chi connectivity index (χ0n) is 16.7. The molecule has 0 spiro atoms. The van der Waals surface area contributed by atoms with Crippen LogP contribution >= 0.6 is 0 Å². The van der Waals surface area contributed by atoms with Crippen LogP contribution in [0.25, 0.3) is 33.4 Å². The molecule has 0 unspecified atom stereocenters. The van der Waals surface area contributed by atoms with E-state index in [-0.39, 0.29) is 0 Å². The third kappa shape index (κ3) is 3.12. The number of rotatable bonds is 2. The number of nitrogens with zero attached hydrogens (tertiary/aromatic N) is 2. The summed E-state index contributed by atoms with van der Waals surface area (Å²) in [6.07, 6.45) is 1.92. The van der Waals surface area contributed by atoms with Crippen molar-refractivity contribution in [3.8, 4) is 22.5 Å². The topological polar surface area (TPSA) is 16.8 Å². The maximum absolute atomic E-state index is 4.57. The van der Waals surface area contributed by atoms with Crippen LogP contribution in [0.1, 0.15) is 22.3 Å². The second-order valence-corrected chi connectivity index (χ2v) is 7.53. The van der Waals surface area contributed by atoms with Gasteiger partial charge >= 0.3 is 0 Å². The summed E-state index contributed by atoms with van der Waals surface area (Å²) >= 11 is 0. The summed E-state index contributed by atoms with van der Waals surface area (Å²) in [6.45, 7) is 8.62. The number of hydrogen-bond acceptors (Lipinski definition) is 1. The molecule has 2 aromatic carbocycles. The Morgan fingerprint density at radius 1 is 0.778 bits per heavy atom. The number of aromatic nitrogens is 2. The van der Waals surface area contributed by atoms with Gasteiger partial charge < -0.3 is 0 Å². The van der Waals surface area contributed by atoms with Gasteiger partial charge in [0.15, 0.2) is 0 Å². The maximum atomic E-state index is 4.57. The van der Waals surface area contributed by atoms with Gasteiger partial charge in [-0.05, 0) is 74.7 Å². The lowest BCUT2D eigenvalue weighted by molar-refractivity contribution is -0.633. The molecular formula is C25H25N2+. The first-order chi connectivity index (χ1) is 12.9. The summed E-state index contributed by atoms with van der Waals surface area (Å²) < 4.78 is 2.29. The van der Waals surface area contributed by atoms with Gasteiger partial charge in [-0.3, -0.25) is 4.98 Å². The highest BCUT2D eigenvalue weighted by molar-refractivity contribution is 5.83. The zero-order chi connectivity index (χ0) is 19.1. The SMILES string of the molecule is Cc1ccc(-c2ccc3c(ccc(-c4cc(C)cc(C)c4C)[n+]3C)c2)nc1. The van der Waals surface area contributed by atoms with E-state index in [4.69, 9.17) is 0 Å². The Labute approximate surface area is 161 Å². The number of benzene rings is 2. The quantitative estimate of drug-likeness (QED) is 0.427. The number of fused-ring (bicyclic) bond motifs is 1. The second kappa shape index (κ2) is 6.62. The first-order valence-electron chi connectivity index (χ1n) is 9.38. The molecule has 0 bridgehead atoms. The van der Waals surface area contributed by atoms with E-state index in [1.54, 1.807) is 0 Å². The van der Waals surface area contributed by atoms with Crippen molar-refractivity contribution in [2.24, 2.45) is 7.05 Å². The minimum atomic E-state index is 1.01. The van der Waals surface area contributed by atoms with E-state index in [0.717, 1.165) is 11.3 Å². The molecule has 0 aliphatic heterocycles. The molecule has 0 N–H and O–H groups in total. The Morgan fingerprint density at radius 3 is 2.33 bits per heavy atom. The summed E-state index contributed by atoms with van der Waals surface area (Å²) in [6, 6.07) is 19.8. The van der Waals surface area contributed by atoms with E-state index >= 15 is 0 Å². The standard InChI is InChI=1S/C25H25N2/c1-16-6-9-23(26-15-16)20-7-10-24-21(14-20)8-11-25(27(24)5)22-13-17(2)12-18(3)19(22)4/h6-15H,1-5H3/q+1. The third-order valence-electron chi connectivity index (χ3n) is 5.47. The molecule has 4 rings (SSSR count). The Balaban J connectivity index is 1.86. The normalized spacial score (nSPS) is 11.1. The number of aryl methyl sites for hydroxylation is 4. The van der Waals surface area contributed by atoms with E-state index < -0.39 is 0 Å². The van der Waals surface area contributed by atoms with Crippen molar-refractivity contribution in [1.29, 1.82) is 0 Å². The highest BCUT2D eigenvalue weighted by atomic mass is 14.9. The van der Waals surface area contributed by atoms with Crippen LogP contribution < -0.4 is 4.57 Å². The van der Waals surface area contributed by atoms with Gasteiger partial charge in [0.2, 0.25) is 11.2 Å². The van der Waals surface area contributed by atoms with Gasteiger partial charge in [-0.1, -0.05) is 17.7 Å². The molecule has 134 valence electrons. The summed E-state index contributed by atoms with van der Waals surface area (Å²) in [5, 5.41) is 1.23. The van der Waals surface area contributed by atoms with Crippen LogP contribution in [0.15, 0.2) is 60.8 Å². The van der Waals surface area contributed by atoms with Crippen molar-refractivity contribution in [2.75, 3.05) is 0 Å². The van der Waals surface area contributed by atoms with Crippen molar-refractivity contribution in [3.63, 3.8) is 0 Å². The monoisotopic (exact) mass is 353 g/mol. The molecule has 2 aromatic heterocycles. The highest BCUT2D eigenvalue weighted by Crippen LogP contribution is 2.28. The van der Waals surface area contributed by atoms with Crippen LogP contribution in [0.4, 0.5) is 0 Å². The van der Waals surface area contributed by atoms with Crippen LogP contribution in [0.2, 0.25) is 0 Å². The largest absolute Gasteiger partial charge is 0.256 e. The highest BCUT2D eigenvalue weighted by Gasteiger charge is 2.17. The predicted molar refractivity (Wildman–Crippen MR) is 113 cm³/mol. The predicted octanol–water partition coefficient (Wildman–Crippen LogP) is 5.63. The fraction of sp³-hybridized carbons (Fsp3) is 0.200. The lowest BCUT2D eigenvalue weighted by Crippen LogP contribution is -2.32. The van der Waals surface area contributed by atoms with Gasteiger partial charge in [0.1, 0.15) is 7.05 Å². The Hall–Kier alpha value is -3.00. The fourth-order valence-corrected chi connectivity index (χ4v) is 3.78. The van der Waals surface area contributed by atoms with E-state index in [2.05, 4.69) is 98.9 Å². The molecule has 2 nitrogen and oxygen atoms in total. The first kappa shape index (κ1) is 17.4. The fourth-order valence-electron chi connectivity index (χ4n) is 3.78. The van der Waals surface area contributed by atoms with Crippen molar-refractivity contribution in [1.82, 2.24) is 4.98 Å². The summed E-state index contributed by atoms with van der Waals surface area (Å²) in [7, 11) is 2.15. The van der Waals surface area contributed by atoms with Crippen LogP contribution in [0.5, 0.6) is 0 Å². The first-order valence-corrected chi connectivity index (χ1v) is 9.38. The van der Waals surface area contributed by atoms with E-state index in [1.807, 2.05) is 6.20 Å². The van der Waals surface area contributed by atoms with Gasteiger partial charge in [-0.25, -0.2) is 0 Å². The van der Waals surface area contributed by atoms with Crippen LogP contribution in [0, 0.1) is 27.7 Å². The Bertz CT molecular complexity index is 1160. The number of pyridine rings is 2. The average molecular weight is 353 g/mol. The molecule has 2 heteroatoms. The lowest BCUT2D eigenvalue weighted by atomic mass is 9.96. The molecule has 4 aromatic rings. The zero-order valence-corrected chi connectivity index (χ0v) is 16.7. The van der Waals surface area contributed by atoms with Crippen molar-refractivity contribution in [3.05, 3.63) is 83.0 Å². The van der Waals surface area contributed by atoms with Gasteiger partial charge in [-0.15, -0.1) is 0 Å². The van der Waals surface area contributed by atoms with Gasteiger partial charge in [0.05, 0.1) is 5.69 Å². The molecule has 2 heterocycles. The van der Waals surface area contributed by atoms with Gasteiger partial charge in [0, 0.05) is 34.8 Å². The minimum absolute atomic E-state index is 1.01. The smallest absolute Gasteiger partial charge is 0.213 e. The molecule has 0 aliphatic carbocycles. The Morgan fingerprint density at radius 2 is 1.59 bits per heavy atom. The van der Waals surface area contributed by atoms with E-state index in [1.165, 1.54) is 44.4 Å². The minimum Gasteiger partial charge on any atom is -0.256 e. The summed E-state index contributed by atoms with van der Waals surface area (Å²) in [5.74, 6) is 0. The van der Waals surface area contributed by atoms with Crippen LogP contribution in [-0.2, 0) is 7.05 Å². The summed E-state index contributed by atoms with van der Waals surface area (Å²) in [5.41, 5.74) is 11.1. The van der Waals surface area contributed by atoms with Crippen molar-refractivity contribution in [2.45, 2.75) is 27.7 Å². The molecule has 27 heavy (non-hydrogen) atoms. The molecule has 0 saturated carbocycles. The molecule has 0 aliphatic rings. The maximum Gasteiger partial charge on any atom is 0.213 e. The third-order valence-corrected chi connectivity index (χ3v) is 5.47. The Kier molecular flexibility index (Phi) is 4.27. The molecule has 0 radical (unpaired) electrons. The summed E-state index contributed by atoms with van der Waals surface area (Å²) in [4.78, 5) is 4.57. The van der Waals surface area contributed by atoms with Gasteiger partial charge in [-0.2, -0.15) is 4.57 Å². The van der Waals surface area contributed by atoms with Crippen molar-refractivity contribution < 1.29 is 4.57 Å². The molecule has 0 fully saturated rings. The molecule has 0 atom stereocenters. The van der Waals surface area contributed by atoms with Gasteiger partial charge in [0.25, 0.3) is 0 Å². The molecular weight excluding hydrogens is 328 g/mol. The lowest BCUT2D eigenvalue weighted by Gasteiger charge is -2.11. The van der Waals surface area contributed by atoms with Crippen LogP contribution in [-0.4, -0.2) is 4.98 Å². The van der Waals surface area contributed by atoms with E-state index in [0.29, 0.717) is 0 Å².